The Hall–Kier alpha value is -15.2. The topological polar surface area (TPSA) is 395 Å². The van der Waals surface area contributed by atoms with Gasteiger partial charge in [-0.25, -0.2) is 61.5 Å². The van der Waals surface area contributed by atoms with E-state index in [2.05, 4.69) is 67.8 Å². The second kappa shape index (κ2) is 49.5. The second-order valence-corrected chi connectivity index (χ2v) is 35.2. The minimum atomic E-state index is -1.31. The number of carboxylic acids is 1. The van der Waals surface area contributed by atoms with E-state index in [1.54, 1.807) is 85.5 Å². The van der Waals surface area contributed by atoms with Crippen LogP contribution in [0.3, 0.4) is 0 Å². The van der Waals surface area contributed by atoms with Crippen molar-refractivity contribution in [2.24, 2.45) is 0 Å². The monoisotopic (exact) mass is 2070 g/mol. The first kappa shape index (κ1) is 102. The Kier molecular flexibility index (Phi) is 35.0. The van der Waals surface area contributed by atoms with Gasteiger partial charge in [0.05, 0.1) is 52.9 Å². The van der Waals surface area contributed by atoms with Gasteiger partial charge in [-0.05, 0) is 182 Å². The molecule has 4 aliphatic rings. The number of methoxy groups -OCH3 is 1. The number of anilines is 2. The summed E-state index contributed by atoms with van der Waals surface area (Å²) in [6.45, 7) is 4.48. The van der Waals surface area contributed by atoms with E-state index >= 15 is 0 Å². The molecule has 144 heavy (non-hydrogen) atoms. The zero-order valence-electron chi connectivity index (χ0n) is 78.1. The zero-order valence-corrected chi connectivity index (χ0v) is 80.2. The van der Waals surface area contributed by atoms with Crippen LogP contribution in [0, 0.1) is 27.0 Å². The molecule has 8 aromatic heterocycles. The lowest BCUT2D eigenvalue weighted by molar-refractivity contribution is -0.119. The van der Waals surface area contributed by atoms with Crippen molar-refractivity contribution >= 4 is 114 Å². The Morgan fingerprint density at radius 3 is 1.03 bits per heavy atom. The Morgan fingerprint density at radius 1 is 0.368 bits per heavy atom. The van der Waals surface area contributed by atoms with Gasteiger partial charge >= 0.3 is 29.8 Å². The number of halogens is 5. The number of fused-ring (bicyclic) bond motifs is 4. The Bertz CT molecular complexity index is 6830. The third kappa shape index (κ3) is 27.4. The number of nitrogens with zero attached hydrogens (tertiary/aromatic N) is 8. The lowest BCUT2D eigenvalue weighted by Gasteiger charge is -2.22. The summed E-state index contributed by atoms with van der Waals surface area (Å²) in [6, 6.07) is 60.7. The van der Waals surface area contributed by atoms with E-state index in [1.807, 2.05) is 103 Å². The first-order valence-corrected chi connectivity index (χ1v) is 47.7. The molecule has 35 heteroatoms. The number of pyridine rings is 8. The number of aromatic hydroxyl groups is 1. The summed E-state index contributed by atoms with van der Waals surface area (Å²) in [5.41, 5.74) is 16.3. The molecule has 0 saturated carbocycles. The predicted octanol–water partition coefficient (Wildman–Crippen LogP) is 18.7. The molecule has 4 fully saturated rings. The molecule has 1 amide bonds. The van der Waals surface area contributed by atoms with E-state index in [9.17, 15) is 56.5 Å². The average molecular weight is 2070 g/mol. The minimum Gasteiger partial charge on any atom is -0.504 e. The third-order valence-corrected chi connectivity index (χ3v) is 24.5. The number of nitrogens with two attached hydrogens (primary N) is 1. The molecule has 0 atom stereocenters. The normalized spacial score (nSPS) is 14.0. The number of aromatic carboxylic acids is 1. The summed E-state index contributed by atoms with van der Waals surface area (Å²) < 4.78 is 121. The summed E-state index contributed by atoms with van der Waals surface area (Å²) in [6.07, 6.45) is 12.1. The number of carbonyl (C=O) groups excluding carboxylic acids is 5. The summed E-state index contributed by atoms with van der Waals surface area (Å²) >= 11 is 2.11. The van der Waals surface area contributed by atoms with Crippen LogP contribution in [-0.4, -0.2) is 177 Å². The molecule has 740 valence electrons. The minimum absolute atomic E-state index is 0.00112. The zero-order chi connectivity index (χ0) is 100. The lowest BCUT2D eigenvalue weighted by atomic mass is 10.0. The van der Waals surface area contributed by atoms with Crippen molar-refractivity contribution in [1.29, 1.82) is 0 Å². The Morgan fingerprint density at radius 2 is 0.674 bits per heavy atom. The predicted molar refractivity (Wildman–Crippen MR) is 531 cm³/mol. The van der Waals surface area contributed by atoms with Gasteiger partial charge in [0.2, 0.25) is 0 Å². The summed E-state index contributed by atoms with van der Waals surface area (Å²) in [7, 11) is 1.38. The SMILES string of the molecule is COCC(=O)Nc1nc(C(=O)OC2CCOCC2)c(O)c2ncc(Cc3ccc(F)cc3)cc12.Nc1nc(C(=O)OC2CCOCC2)c(OCc2ccccc2)c2ncc(Cc3ccc(F)cc3)cc12.O=C(OC1CCOCC1)c1nc(C(=O)O)c2cc(Cc3ccc(F)cc3)cnc2c1OCc1ccccc1.O=C(OC1CCOCC1)c1nc(I)c2cc(Cc3ccc(F)cc3)cnc2c1OCc1ccccc1. The van der Waals surface area contributed by atoms with E-state index in [0.717, 1.165) is 61.0 Å². The quantitative estimate of drug-likeness (QED) is 0.0111. The van der Waals surface area contributed by atoms with Crippen LogP contribution in [0.25, 0.3) is 43.6 Å². The van der Waals surface area contributed by atoms with Crippen LogP contribution in [0.4, 0.5) is 29.2 Å². The van der Waals surface area contributed by atoms with Crippen molar-refractivity contribution in [3.8, 4) is 23.0 Å². The highest BCUT2D eigenvalue weighted by molar-refractivity contribution is 14.1. The number of hydrogen-bond donors (Lipinski definition) is 4. The maximum atomic E-state index is 13.3. The Labute approximate surface area is 837 Å². The number of esters is 4. The van der Waals surface area contributed by atoms with E-state index in [0.29, 0.717) is 167 Å². The standard InChI is InChI=1S/C29H25FN2O6.C28H24FIN2O4.C28H26FN3O4.C24H24FN3O6/c30-21-8-6-18(7-9-21)14-20-15-23-24(31-16-20)27(37-17-19-4-2-1-3-5-19)26(32-25(23)28(33)34)29(35)38-22-10-12-36-13-11-22;2*29-21-8-6-18(7-9-21)14-20-15-23-24(31-16-20)26(35-17-19-4-2-1-3-5-19)25(32-27(23)30)28(33)36-22-10-12-34-13-11-22;1-32-13-19(29)27-23-18-11-15(10-14-2-4-16(25)5-3-14)12-26-20(18)22(30)21(28-23)24(31)34-17-6-8-33-9-7-17/h1-9,15-16,22H,10-14,17H2,(H,33,34);1-9,15-16,22H,10-14,17H2;1-9,15-16,22H,10-14,17H2,(H2,30,32);2-5,11-12,17,30H,6-10,13H2,1H3,(H,27,28,29). The number of benzene rings is 7. The van der Waals surface area contributed by atoms with Crippen LogP contribution in [-0.2, 0) is 92.9 Å². The van der Waals surface area contributed by atoms with Gasteiger partial charge < -0.3 is 78.1 Å². The van der Waals surface area contributed by atoms with E-state index in [1.165, 1.54) is 55.6 Å². The van der Waals surface area contributed by atoms with Crippen LogP contribution in [0.15, 0.2) is 237 Å². The summed E-state index contributed by atoms with van der Waals surface area (Å²) in [5, 5.41) is 25.3. The van der Waals surface area contributed by atoms with Crippen LogP contribution >= 0.6 is 22.6 Å². The van der Waals surface area contributed by atoms with Crippen LogP contribution in [0.1, 0.15) is 165 Å². The molecule has 5 N–H and O–H groups in total. The van der Waals surface area contributed by atoms with E-state index in [4.69, 9.17) is 62.6 Å². The van der Waals surface area contributed by atoms with Crippen molar-refractivity contribution in [2.45, 2.75) is 121 Å². The number of rotatable bonds is 29. The Balaban J connectivity index is 0.000000138. The van der Waals surface area contributed by atoms with Gasteiger partial charge in [-0.2, -0.15) is 0 Å². The molecule has 12 heterocycles. The number of carboxylic acid groups (broad SMARTS) is 1. The highest BCUT2D eigenvalue weighted by atomic mass is 127. The second-order valence-electron chi connectivity index (χ2n) is 34.2. The molecule has 0 bridgehead atoms. The number of amides is 1. The first-order valence-electron chi connectivity index (χ1n) is 46.6. The van der Waals surface area contributed by atoms with Gasteiger partial charge in [-0.1, -0.05) is 140 Å². The van der Waals surface area contributed by atoms with E-state index in [-0.39, 0.29) is 142 Å². The van der Waals surface area contributed by atoms with Crippen molar-refractivity contribution in [3.05, 3.63) is 354 Å². The lowest BCUT2D eigenvalue weighted by Crippen LogP contribution is -2.27. The number of nitrogen functional groups attached to an aromatic ring is 1. The molecule has 0 radical (unpaired) electrons. The van der Waals surface area contributed by atoms with Gasteiger partial charge in [0.15, 0.2) is 51.5 Å². The molecular formula is C109H99F4IN10O20. The van der Waals surface area contributed by atoms with Crippen LogP contribution in [0.2, 0.25) is 0 Å². The fourth-order valence-electron chi connectivity index (χ4n) is 16.3. The molecule has 30 nitrogen and oxygen atoms in total. The van der Waals surface area contributed by atoms with Gasteiger partial charge in [-0.15, -0.1) is 0 Å². The van der Waals surface area contributed by atoms with Gasteiger partial charge in [0.25, 0.3) is 5.91 Å². The van der Waals surface area contributed by atoms with Crippen molar-refractivity contribution in [3.63, 3.8) is 0 Å². The average Bonchev–Trinajstić information content (AvgIpc) is 0.771. The number of aromatic nitrogens is 8. The number of carbonyl (C=O) groups is 6. The molecule has 4 aliphatic heterocycles. The molecule has 19 rings (SSSR count). The molecule has 4 saturated heterocycles. The third-order valence-electron chi connectivity index (χ3n) is 23.7. The molecule has 0 unspecified atom stereocenters. The first-order chi connectivity index (χ1) is 70.0. The smallest absolute Gasteiger partial charge is 0.361 e. The van der Waals surface area contributed by atoms with Crippen molar-refractivity contribution in [1.82, 2.24) is 39.9 Å². The highest BCUT2D eigenvalue weighted by Crippen LogP contribution is 2.39. The molecular weight excluding hydrogens is 1970 g/mol. The number of nitrogens with one attached hydrogen (secondary N) is 1. The molecule has 0 aliphatic carbocycles. The summed E-state index contributed by atoms with van der Waals surface area (Å²) in [4.78, 5) is 112. The number of hydrogen-bond acceptors (Lipinski definition) is 28. The van der Waals surface area contributed by atoms with Gasteiger partial charge in [0.1, 0.15) is 112 Å². The van der Waals surface area contributed by atoms with Crippen LogP contribution < -0.4 is 25.3 Å². The maximum absolute atomic E-state index is 13.3. The fraction of sp³-hybridized carbons (Fsp3) is 0.266. The van der Waals surface area contributed by atoms with Crippen LogP contribution in [0.5, 0.6) is 23.0 Å². The largest absolute Gasteiger partial charge is 0.504 e. The highest BCUT2D eigenvalue weighted by Gasteiger charge is 2.34. The van der Waals surface area contributed by atoms with E-state index < -0.39 is 41.5 Å². The molecule has 0 spiro atoms. The van der Waals surface area contributed by atoms with Gasteiger partial charge in [-0.3, -0.25) is 24.7 Å². The molecule has 15 aromatic rings. The maximum Gasteiger partial charge on any atom is 0.361 e. The summed E-state index contributed by atoms with van der Waals surface area (Å²) in [5.74, 6) is -5.41. The van der Waals surface area contributed by atoms with Crippen molar-refractivity contribution < 1.29 is 113 Å². The molecule has 7 aromatic carbocycles. The van der Waals surface area contributed by atoms with Crippen molar-refractivity contribution in [2.75, 3.05) is 77.6 Å². The number of ether oxygens (including phenoxy) is 12. The van der Waals surface area contributed by atoms with Gasteiger partial charge in [0, 0.05) is 105 Å². The fourth-order valence-corrected chi connectivity index (χ4v) is 16.9.